The van der Waals surface area contributed by atoms with Crippen LogP contribution in [-0.4, -0.2) is 38.1 Å². The van der Waals surface area contributed by atoms with E-state index in [4.69, 9.17) is 11.6 Å². The largest absolute Gasteiger partial charge is 0.325 e. The third-order valence-electron chi connectivity index (χ3n) is 5.31. The van der Waals surface area contributed by atoms with Crippen molar-refractivity contribution in [2.75, 3.05) is 24.2 Å². The molecular formula is C26H28ClN3O4S. The summed E-state index contributed by atoms with van der Waals surface area (Å²) in [4.78, 5) is 25.2. The van der Waals surface area contributed by atoms with E-state index in [1.165, 1.54) is 31.3 Å². The van der Waals surface area contributed by atoms with Gasteiger partial charge in [-0.3, -0.25) is 9.59 Å². The summed E-state index contributed by atoms with van der Waals surface area (Å²) >= 11 is 5.82. The van der Waals surface area contributed by atoms with Crippen molar-refractivity contribution in [2.24, 2.45) is 0 Å². The normalized spacial score (nSPS) is 11.8. The molecule has 2 N–H and O–H groups in total. The van der Waals surface area contributed by atoms with Crippen LogP contribution in [0.5, 0.6) is 0 Å². The van der Waals surface area contributed by atoms with Crippen molar-refractivity contribution in [1.82, 2.24) is 4.31 Å². The Morgan fingerprint density at radius 2 is 1.46 bits per heavy atom. The van der Waals surface area contributed by atoms with Gasteiger partial charge in [0.05, 0.1) is 11.4 Å². The lowest BCUT2D eigenvalue weighted by Gasteiger charge is -2.19. The summed E-state index contributed by atoms with van der Waals surface area (Å²) in [5.41, 5.74) is 2.55. The minimum atomic E-state index is -3.85. The predicted molar refractivity (Wildman–Crippen MR) is 139 cm³/mol. The first-order valence-electron chi connectivity index (χ1n) is 10.9. The average molecular weight is 514 g/mol. The number of anilines is 2. The first kappa shape index (κ1) is 26.4. The monoisotopic (exact) mass is 513 g/mol. The minimum Gasteiger partial charge on any atom is -0.325 e. The quantitative estimate of drug-likeness (QED) is 0.456. The number of carbonyl (C=O) groups excluding carboxylic acids is 2. The van der Waals surface area contributed by atoms with Gasteiger partial charge in [0.1, 0.15) is 0 Å². The van der Waals surface area contributed by atoms with Crippen molar-refractivity contribution in [2.45, 2.75) is 31.1 Å². The van der Waals surface area contributed by atoms with Gasteiger partial charge in [-0.1, -0.05) is 50.6 Å². The summed E-state index contributed by atoms with van der Waals surface area (Å²) in [6.07, 6.45) is 0. The number of halogens is 1. The number of nitrogens with zero attached hydrogens (tertiary/aromatic N) is 1. The topological polar surface area (TPSA) is 95.6 Å². The molecule has 0 unspecified atom stereocenters. The minimum absolute atomic E-state index is 0.0102. The van der Waals surface area contributed by atoms with Gasteiger partial charge in [0, 0.05) is 29.0 Å². The van der Waals surface area contributed by atoms with Gasteiger partial charge in [-0.15, -0.1) is 0 Å². The van der Waals surface area contributed by atoms with Crippen LogP contribution in [0.25, 0.3) is 0 Å². The number of sulfonamides is 1. The van der Waals surface area contributed by atoms with Crippen LogP contribution >= 0.6 is 11.6 Å². The Kier molecular flexibility index (Phi) is 8.00. The van der Waals surface area contributed by atoms with Crippen molar-refractivity contribution < 1.29 is 18.0 Å². The van der Waals surface area contributed by atoms with Crippen LogP contribution in [0.15, 0.2) is 77.7 Å². The van der Waals surface area contributed by atoms with Crippen molar-refractivity contribution in [3.8, 4) is 0 Å². The Morgan fingerprint density at radius 3 is 2.03 bits per heavy atom. The van der Waals surface area contributed by atoms with Crippen molar-refractivity contribution >= 4 is 44.8 Å². The molecule has 0 saturated carbocycles. The molecule has 0 aromatic heterocycles. The molecule has 3 rings (SSSR count). The average Bonchev–Trinajstić information content (AvgIpc) is 2.79. The van der Waals surface area contributed by atoms with Gasteiger partial charge in [0.25, 0.3) is 5.91 Å². The molecule has 3 aromatic carbocycles. The number of benzene rings is 3. The van der Waals surface area contributed by atoms with Gasteiger partial charge in [0.2, 0.25) is 15.9 Å². The molecular weight excluding hydrogens is 486 g/mol. The van der Waals surface area contributed by atoms with Crippen molar-refractivity contribution in [3.05, 3.63) is 88.9 Å². The number of rotatable bonds is 7. The van der Waals surface area contributed by atoms with Crippen LogP contribution in [0.1, 0.15) is 36.7 Å². The predicted octanol–water partition coefficient (Wildman–Crippen LogP) is 5.15. The zero-order chi connectivity index (χ0) is 25.8. The van der Waals surface area contributed by atoms with Gasteiger partial charge in [-0.2, -0.15) is 4.31 Å². The van der Waals surface area contributed by atoms with Crippen molar-refractivity contribution in [1.29, 1.82) is 0 Å². The van der Waals surface area contributed by atoms with Crippen LogP contribution < -0.4 is 10.6 Å². The van der Waals surface area contributed by atoms with Crippen LogP contribution in [-0.2, 0) is 20.2 Å². The van der Waals surface area contributed by atoms with Gasteiger partial charge < -0.3 is 10.6 Å². The molecule has 0 bridgehead atoms. The molecule has 9 heteroatoms. The molecule has 0 aliphatic heterocycles. The lowest BCUT2D eigenvalue weighted by atomic mass is 9.87. The first-order chi connectivity index (χ1) is 16.4. The number of likely N-dealkylation sites (N-methyl/N-ethyl adjacent to an activating group) is 1. The SMILES string of the molecule is CN(CC(=O)Nc1cccc(NC(=O)c2ccc(C(C)(C)C)cc2)c1)S(=O)(=O)c1ccc(Cl)cc1. The molecule has 0 fully saturated rings. The van der Waals surface area contributed by atoms with E-state index in [1.807, 2.05) is 12.1 Å². The maximum absolute atomic E-state index is 12.7. The van der Waals surface area contributed by atoms with E-state index in [0.29, 0.717) is 22.0 Å². The Hall–Kier alpha value is -3.20. The second-order valence-corrected chi connectivity index (χ2v) is 11.6. The van der Waals surface area contributed by atoms with Crippen LogP contribution in [0, 0.1) is 0 Å². The molecule has 7 nitrogen and oxygen atoms in total. The second-order valence-electron chi connectivity index (χ2n) is 9.13. The molecule has 184 valence electrons. The molecule has 3 aromatic rings. The zero-order valence-electron chi connectivity index (χ0n) is 20.0. The maximum Gasteiger partial charge on any atom is 0.255 e. The highest BCUT2D eigenvalue weighted by molar-refractivity contribution is 7.89. The van der Waals surface area contributed by atoms with Crippen molar-refractivity contribution in [3.63, 3.8) is 0 Å². The number of hydrogen-bond acceptors (Lipinski definition) is 4. The van der Waals surface area contributed by atoms with Gasteiger partial charge in [0.15, 0.2) is 0 Å². The maximum atomic E-state index is 12.7. The highest BCUT2D eigenvalue weighted by Gasteiger charge is 2.23. The highest BCUT2D eigenvalue weighted by atomic mass is 35.5. The lowest BCUT2D eigenvalue weighted by molar-refractivity contribution is -0.116. The van der Waals surface area contributed by atoms with Gasteiger partial charge in [-0.05, 0) is 65.6 Å². The van der Waals surface area contributed by atoms with Crippen LogP contribution in [0.3, 0.4) is 0 Å². The highest BCUT2D eigenvalue weighted by Crippen LogP contribution is 2.23. The fourth-order valence-corrected chi connectivity index (χ4v) is 4.53. The molecule has 0 radical (unpaired) electrons. The molecule has 0 atom stereocenters. The number of nitrogens with one attached hydrogen (secondary N) is 2. The summed E-state index contributed by atoms with van der Waals surface area (Å²) in [5, 5.41) is 5.89. The number of carbonyl (C=O) groups is 2. The van der Waals surface area contributed by atoms with E-state index >= 15 is 0 Å². The fourth-order valence-electron chi connectivity index (χ4n) is 3.27. The zero-order valence-corrected chi connectivity index (χ0v) is 21.6. The Labute approximate surface area is 211 Å². The van der Waals surface area contributed by atoms with Crippen LogP contribution in [0.2, 0.25) is 5.02 Å². The standard InChI is InChI=1S/C26H28ClN3O4S/c1-26(2,3)19-10-8-18(9-11-19)25(32)29-22-7-5-6-21(16-22)28-24(31)17-30(4)35(33,34)23-14-12-20(27)13-15-23/h5-16H,17H2,1-4H3,(H,28,31)(H,29,32). The molecule has 0 saturated heterocycles. The molecule has 2 amide bonds. The number of hydrogen-bond donors (Lipinski definition) is 2. The third kappa shape index (κ3) is 6.91. The summed E-state index contributed by atoms with van der Waals surface area (Å²) in [6, 6.07) is 19.8. The summed E-state index contributed by atoms with van der Waals surface area (Å²) in [7, 11) is -2.53. The fraction of sp³-hybridized carbons (Fsp3) is 0.231. The Balaban J connectivity index is 1.63. The summed E-state index contributed by atoms with van der Waals surface area (Å²) < 4.78 is 26.3. The Bertz CT molecular complexity index is 1320. The smallest absolute Gasteiger partial charge is 0.255 e. The molecule has 35 heavy (non-hydrogen) atoms. The lowest BCUT2D eigenvalue weighted by Crippen LogP contribution is -2.34. The molecule has 0 spiro atoms. The molecule has 0 heterocycles. The molecule has 0 aliphatic carbocycles. The number of amides is 2. The van der Waals surface area contributed by atoms with E-state index in [9.17, 15) is 18.0 Å². The molecule has 0 aliphatic rings. The van der Waals surface area contributed by atoms with Gasteiger partial charge in [-0.25, -0.2) is 8.42 Å². The summed E-state index contributed by atoms with van der Waals surface area (Å²) in [5.74, 6) is -0.797. The van der Waals surface area contributed by atoms with E-state index in [-0.39, 0.29) is 22.8 Å². The van der Waals surface area contributed by atoms with E-state index in [2.05, 4.69) is 31.4 Å². The summed E-state index contributed by atoms with van der Waals surface area (Å²) in [6.45, 7) is 5.92. The van der Waals surface area contributed by atoms with E-state index in [0.717, 1.165) is 9.87 Å². The first-order valence-corrected chi connectivity index (χ1v) is 12.7. The third-order valence-corrected chi connectivity index (χ3v) is 7.37. The Morgan fingerprint density at radius 1 is 0.886 bits per heavy atom. The van der Waals surface area contributed by atoms with E-state index in [1.54, 1.807) is 36.4 Å². The second kappa shape index (κ2) is 10.6. The van der Waals surface area contributed by atoms with Crippen LogP contribution in [0.4, 0.5) is 11.4 Å². The van der Waals surface area contributed by atoms with Gasteiger partial charge >= 0.3 is 0 Å². The van der Waals surface area contributed by atoms with E-state index < -0.39 is 15.9 Å².